The van der Waals surface area contributed by atoms with E-state index in [0.29, 0.717) is 28.0 Å². The summed E-state index contributed by atoms with van der Waals surface area (Å²) in [4.78, 5) is 50.6. The largest absolute Gasteiger partial charge is 0.513 e. The fourth-order valence-corrected chi connectivity index (χ4v) is 5.01. The number of amides is 1. The Kier molecular flexibility index (Phi) is 8.71. The van der Waals surface area contributed by atoms with E-state index in [1.54, 1.807) is 32.2 Å². The van der Waals surface area contributed by atoms with Crippen molar-refractivity contribution < 1.29 is 23.5 Å². The first kappa shape index (κ1) is 30.0. The molecule has 1 aliphatic carbocycles. The summed E-state index contributed by atoms with van der Waals surface area (Å²) in [5, 5.41) is 6.95. The number of likely N-dealkylation sites (N-methyl/N-ethyl adjacent to an activating group) is 1. The van der Waals surface area contributed by atoms with Gasteiger partial charge in [-0.05, 0) is 85.1 Å². The molecule has 1 aliphatic heterocycles. The van der Waals surface area contributed by atoms with Gasteiger partial charge in [-0.15, -0.1) is 4.91 Å². The number of benzene rings is 4. The topological polar surface area (TPSA) is 128 Å². The predicted octanol–water partition coefficient (Wildman–Crippen LogP) is 7.30. The SMILES string of the molecule is CCNc1cc2oc3cc(=O)c(C)cc-3c(-c3ccccc3C(=O)N(C)CCOC(=O)Oc3ccc(N=O)cc3)c2cc1C. The summed E-state index contributed by atoms with van der Waals surface area (Å²) in [6.07, 6.45) is -0.940. The first-order valence-corrected chi connectivity index (χ1v) is 14.1. The highest BCUT2D eigenvalue weighted by molar-refractivity contribution is 6.09. The number of fused-ring (bicyclic) bond motifs is 2. The highest BCUT2D eigenvalue weighted by Gasteiger charge is 2.24. The molecule has 0 atom stereocenters. The Bertz CT molecular complexity index is 1900. The van der Waals surface area contributed by atoms with Gasteiger partial charge in [-0.25, -0.2) is 4.79 Å². The number of anilines is 1. The van der Waals surface area contributed by atoms with Crippen LogP contribution in [0.1, 0.15) is 28.4 Å². The number of nitroso groups, excluding NO2 is 1. The van der Waals surface area contributed by atoms with Crippen LogP contribution in [0.15, 0.2) is 87.2 Å². The number of nitrogens with one attached hydrogen (secondary N) is 1. The fraction of sp³-hybridized carbons (Fsp3) is 0.206. The van der Waals surface area contributed by atoms with E-state index >= 15 is 0 Å². The second-order valence-corrected chi connectivity index (χ2v) is 10.3. The van der Waals surface area contributed by atoms with E-state index in [4.69, 9.17) is 13.9 Å². The maximum Gasteiger partial charge on any atom is 0.513 e. The Morgan fingerprint density at radius 3 is 2.43 bits per heavy atom. The van der Waals surface area contributed by atoms with Crippen molar-refractivity contribution in [1.29, 1.82) is 0 Å². The second-order valence-electron chi connectivity index (χ2n) is 10.3. The Morgan fingerprint density at radius 1 is 0.955 bits per heavy atom. The van der Waals surface area contributed by atoms with Gasteiger partial charge in [0, 0.05) is 53.5 Å². The van der Waals surface area contributed by atoms with Gasteiger partial charge >= 0.3 is 6.16 Å². The Balaban J connectivity index is 1.45. The molecule has 0 saturated heterocycles. The fourth-order valence-electron chi connectivity index (χ4n) is 5.01. The van der Waals surface area contributed by atoms with Crippen LogP contribution in [0.5, 0.6) is 5.75 Å². The molecule has 5 rings (SSSR count). The molecule has 0 saturated carbocycles. The van der Waals surface area contributed by atoms with Crippen LogP contribution in [-0.4, -0.2) is 43.7 Å². The summed E-state index contributed by atoms with van der Waals surface area (Å²) >= 11 is 0. The molecule has 1 heterocycles. The summed E-state index contributed by atoms with van der Waals surface area (Å²) in [5.41, 5.74) is 5.76. The number of hydrogen-bond acceptors (Lipinski definition) is 9. The van der Waals surface area contributed by atoms with Gasteiger partial charge in [0.2, 0.25) is 0 Å². The lowest BCUT2D eigenvalue weighted by atomic mass is 9.89. The number of nitrogens with zero attached hydrogens (tertiary/aromatic N) is 2. The molecule has 0 aromatic heterocycles. The molecular formula is C34H31N3O7. The van der Waals surface area contributed by atoms with E-state index in [1.807, 2.05) is 38.1 Å². The summed E-state index contributed by atoms with van der Waals surface area (Å²) in [7, 11) is 1.62. The van der Waals surface area contributed by atoms with Crippen molar-refractivity contribution in [1.82, 2.24) is 4.90 Å². The average Bonchev–Trinajstić information content (AvgIpc) is 3.01. The molecule has 0 spiro atoms. The first-order chi connectivity index (χ1) is 21.2. The van der Waals surface area contributed by atoms with Crippen LogP contribution in [0.3, 0.4) is 0 Å². The molecule has 1 amide bonds. The zero-order valence-corrected chi connectivity index (χ0v) is 24.8. The summed E-state index contributed by atoms with van der Waals surface area (Å²) in [6, 6.07) is 20.2. The first-order valence-electron chi connectivity index (χ1n) is 14.1. The van der Waals surface area contributed by atoms with Crippen LogP contribution in [-0.2, 0) is 4.74 Å². The second kappa shape index (κ2) is 12.8. The third-order valence-corrected chi connectivity index (χ3v) is 7.29. The molecule has 44 heavy (non-hydrogen) atoms. The van der Waals surface area contributed by atoms with Crippen LogP contribution in [0.2, 0.25) is 0 Å². The summed E-state index contributed by atoms with van der Waals surface area (Å²) in [6.45, 7) is 6.50. The zero-order valence-electron chi connectivity index (χ0n) is 24.8. The summed E-state index contributed by atoms with van der Waals surface area (Å²) < 4.78 is 16.5. The molecule has 2 aliphatic rings. The van der Waals surface area contributed by atoms with Crippen molar-refractivity contribution >= 4 is 34.4 Å². The monoisotopic (exact) mass is 593 g/mol. The standard InChI is InChI=1S/C34H31N3O7/c1-5-35-28-18-30-26(16-20(28)2)32(27-17-21(3)29(38)19-31(27)44-30)24-8-6-7-9-25(24)33(39)37(4)14-15-42-34(40)43-23-12-10-22(36-41)11-13-23/h6-13,16-19,35H,5,14-15H2,1-4H3. The normalized spacial score (nSPS) is 10.9. The minimum Gasteiger partial charge on any atom is -0.456 e. The number of aryl methyl sites for hydroxylation is 2. The van der Waals surface area contributed by atoms with Crippen LogP contribution >= 0.6 is 0 Å². The number of hydrogen-bond donors (Lipinski definition) is 1. The molecule has 0 unspecified atom stereocenters. The third-order valence-electron chi connectivity index (χ3n) is 7.29. The van der Waals surface area contributed by atoms with Gasteiger partial charge in [-0.1, -0.05) is 18.2 Å². The van der Waals surface area contributed by atoms with Gasteiger partial charge in [0.05, 0.1) is 6.54 Å². The molecule has 0 fully saturated rings. The molecule has 10 heteroatoms. The molecule has 10 nitrogen and oxygen atoms in total. The molecule has 0 radical (unpaired) electrons. The molecular weight excluding hydrogens is 562 g/mol. The van der Waals surface area contributed by atoms with Gasteiger partial charge in [-0.3, -0.25) is 9.59 Å². The van der Waals surface area contributed by atoms with Crippen molar-refractivity contribution in [3.05, 3.63) is 105 Å². The van der Waals surface area contributed by atoms with Crippen LogP contribution < -0.4 is 15.5 Å². The maximum absolute atomic E-state index is 13.8. The van der Waals surface area contributed by atoms with Gasteiger partial charge < -0.3 is 24.1 Å². The highest BCUT2D eigenvalue weighted by Crippen LogP contribution is 2.43. The van der Waals surface area contributed by atoms with E-state index in [-0.39, 0.29) is 35.9 Å². The predicted molar refractivity (Wildman–Crippen MR) is 169 cm³/mol. The minimum absolute atomic E-state index is 0.103. The molecule has 0 bridgehead atoms. The highest BCUT2D eigenvalue weighted by atomic mass is 16.7. The van der Waals surface area contributed by atoms with Crippen LogP contribution in [0.25, 0.3) is 33.4 Å². The van der Waals surface area contributed by atoms with Crippen molar-refractivity contribution in [3.8, 4) is 28.2 Å². The van der Waals surface area contributed by atoms with E-state index in [0.717, 1.165) is 34.3 Å². The lowest BCUT2D eigenvalue weighted by Crippen LogP contribution is -2.31. The maximum atomic E-state index is 13.8. The van der Waals surface area contributed by atoms with Crippen molar-refractivity contribution in [2.24, 2.45) is 5.18 Å². The van der Waals surface area contributed by atoms with Crippen LogP contribution in [0.4, 0.5) is 16.2 Å². The quantitative estimate of drug-likeness (QED) is 0.0816. The molecule has 224 valence electrons. The van der Waals surface area contributed by atoms with E-state index in [2.05, 4.69) is 10.5 Å². The number of rotatable bonds is 9. The molecule has 3 aromatic carbocycles. The summed E-state index contributed by atoms with van der Waals surface area (Å²) in [5.74, 6) is 0.339. The van der Waals surface area contributed by atoms with E-state index in [1.165, 1.54) is 35.2 Å². The van der Waals surface area contributed by atoms with E-state index < -0.39 is 6.16 Å². The van der Waals surface area contributed by atoms with Crippen molar-refractivity contribution in [2.75, 3.05) is 32.1 Å². The van der Waals surface area contributed by atoms with Gasteiger partial charge in [0.1, 0.15) is 29.4 Å². The number of ether oxygens (including phenoxy) is 2. The molecule has 1 N–H and O–H groups in total. The Labute approximate surface area is 253 Å². The van der Waals surface area contributed by atoms with E-state index in [9.17, 15) is 19.3 Å². The van der Waals surface area contributed by atoms with Gasteiger partial charge in [0.15, 0.2) is 5.43 Å². The third kappa shape index (κ3) is 6.14. The lowest BCUT2D eigenvalue weighted by molar-refractivity contribution is 0.0685. The number of carbonyl (C=O) groups excluding carboxylic acids is 2. The zero-order chi connectivity index (χ0) is 31.4. The van der Waals surface area contributed by atoms with Crippen LogP contribution in [0, 0.1) is 18.8 Å². The number of carbonyl (C=O) groups is 2. The smallest absolute Gasteiger partial charge is 0.456 e. The molecule has 3 aromatic rings. The average molecular weight is 594 g/mol. The van der Waals surface area contributed by atoms with Crippen molar-refractivity contribution in [3.63, 3.8) is 0 Å². The van der Waals surface area contributed by atoms with Gasteiger partial charge in [0.25, 0.3) is 5.91 Å². The Hall–Kier alpha value is -5.51. The minimum atomic E-state index is -0.940. The van der Waals surface area contributed by atoms with Gasteiger partial charge in [-0.2, -0.15) is 0 Å². The lowest BCUT2D eigenvalue weighted by Gasteiger charge is -2.22. The van der Waals surface area contributed by atoms with Crippen molar-refractivity contribution in [2.45, 2.75) is 20.8 Å². The Morgan fingerprint density at radius 2 is 1.70 bits per heavy atom.